The molecule has 0 atom stereocenters. The fourth-order valence-electron chi connectivity index (χ4n) is 3.26. The fraction of sp³-hybridized carbons (Fsp3) is 0.292. The monoisotopic (exact) mass is 471 g/mol. The molecule has 0 N–H and O–H groups in total. The molecule has 1 aromatic heterocycles. The van der Waals surface area contributed by atoms with Crippen LogP contribution in [0.4, 0.5) is 4.79 Å². The van der Waals surface area contributed by atoms with Gasteiger partial charge in [-0.3, -0.25) is 14.5 Å². The van der Waals surface area contributed by atoms with Crippen molar-refractivity contribution in [3.8, 4) is 11.5 Å². The summed E-state index contributed by atoms with van der Waals surface area (Å²) in [6.45, 7) is 8.40. The number of furan rings is 1. The average Bonchev–Trinajstić information content (AvgIpc) is 3.36. The Morgan fingerprint density at radius 3 is 2.61 bits per heavy atom. The fourth-order valence-corrected chi connectivity index (χ4v) is 4.10. The lowest BCUT2D eigenvalue weighted by Crippen LogP contribution is -2.27. The van der Waals surface area contributed by atoms with Crippen molar-refractivity contribution in [3.05, 3.63) is 64.5 Å². The molecule has 174 valence electrons. The van der Waals surface area contributed by atoms with E-state index in [1.807, 2.05) is 19.9 Å². The first-order valence-corrected chi connectivity index (χ1v) is 11.2. The lowest BCUT2D eigenvalue weighted by atomic mass is 10.0. The number of nitrogens with zero attached hydrogens (tertiary/aromatic N) is 1. The maximum Gasteiger partial charge on any atom is 0.373 e. The van der Waals surface area contributed by atoms with Crippen LogP contribution in [0.25, 0.3) is 6.08 Å². The van der Waals surface area contributed by atoms with Crippen molar-refractivity contribution in [2.24, 2.45) is 0 Å². The average molecular weight is 472 g/mol. The molecular weight excluding hydrogens is 446 g/mol. The van der Waals surface area contributed by atoms with Crippen LogP contribution in [0.15, 0.2) is 46.2 Å². The molecule has 1 aromatic carbocycles. The van der Waals surface area contributed by atoms with Gasteiger partial charge in [0.2, 0.25) is 5.76 Å². The Kier molecular flexibility index (Phi) is 8.00. The minimum Gasteiger partial charge on any atom is -0.490 e. The van der Waals surface area contributed by atoms with Gasteiger partial charge in [0, 0.05) is 5.56 Å². The largest absolute Gasteiger partial charge is 0.490 e. The van der Waals surface area contributed by atoms with Crippen molar-refractivity contribution in [1.29, 1.82) is 0 Å². The van der Waals surface area contributed by atoms with Crippen LogP contribution in [-0.4, -0.2) is 42.3 Å². The van der Waals surface area contributed by atoms with Crippen molar-refractivity contribution in [2.45, 2.75) is 26.8 Å². The number of amides is 2. The first kappa shape index (κ1) is 24.2. The Balaban J connectivity index is 1.88. The zero-order valence-electron chi connectivity index (χ0n) is 18.7. The highest BCUT2D eigenvalue weighted by Crippen LogP contribution is 2.37. The number of imide groups is 1. The van der Waals surface area contributed by atoms with Crippen molar-refractivity contribution >= 4 is 35.0 Å². The SMILES string of the molecule is C=CCc1cc(C=C2SC(=O)N(Cc3ccc(C(=O)OC)o3)C2=O)cc(OCC)c1OCC. The van der Waals surface area contributed by atoms with Crippen molar-refractivity contribution < 1.29 is 33.0 Å². The molecule has 0 spiro atoms. The van der Waals surface area contributed by atoms with E-state index in [2.05, 4.69) is 11.3 Å². The summed E-state index contributed by atoms with van der Waals surface area (Å²) in [7, 11) is 1.24. The van der Waals surface area contributed by atoms with Crippen molar-refractivity contribution in [2.75, 3.05) is 20.3 Å². The number of hydrogen-bond acceptors (Lipinski definition) is 8. The number of rotatable bonds is 10. The Morgan fingerprint density at radius 1 is 1.18 bits per heavy atom. The first-order chi connectivity index (χ1) is 15.9. The van der Waals surface area contributed by atoms with Gasteiger partial charge >= 0.3 is 5.97 Å². The maximum absolute atomic E-state index is 12.9. The zero-order chi connectivity index (χ0) is 24.0. The van der Waals surface area contributed by atoms with Gasteiger partial charge in [0.15, 0.2) is 11.5 Å². The van der Waals surface area contributed by atoms with E-state index < -0.39 is 17.1 Å². The molecule has 2 aromatic rings. The maximum atomic E-state index is 12.9. The number of allylic oxidation sites excluding steroid dienone is 1. The number of methoxy groups -OCH3 is 1. The molecule has 2 heterocycles. The van der Waals surface area contributed by atoms with Crippen molar-refractivity contribution in [1.82, 2.24) is 4.90 Å². The predicted molar refractivity (Wildman–Crippen MR) is 124 cm³/mol. The summed E-state index contributed by atoms with van der Waals surface area (Å²) in [6.07, 6.45) is 3.97. The number of benzene rings is 1. The Bertz CT molecular complexity index is 1100. The number of hydrogen-bond donors (Lipinski definition) is 0. The molecule has 8 nitrogen and oxygen atoms in total. The van der Waals surface area contributed by atoms with Gasteiger partial charge in [-0.2, -0.15) is 0 Å². The van der Waals surface area contributed by atoms with Crippen LogP contribution in [0.2, 0.25) is 0 Å². The molecule has 0 radical (unpaired) electrons. The third-order valence-corrected chi connectivity index (χ3v) is 5.55. The lowest BCUT2D eigenvalue weighted by Gasteiger charge is -2.16. The van der Waals surface area contributed by atoms with Gasteiger partial charge in [0.05, 0.1) is 31.8 Å². The molecular formula is C24H25NO7S. The lowest BCUT2D eigenvalue weighted by molar-refractivity contribution is -0.123. The van der Waals surface area contributed by atoms with Gasteiger partial charge in [-0.1, -0.05) is 6.08 Å². The zero-order valence-corrected chi connectivity index (χ0v) is 19.5. The van der Waals surface area contributed by atoms with E-state index in [0.717, 1.165) is 22.2 Å². The Labute approximate surface area is 196 Å². The predicted octanol–water partition coefficient (Wildman–Crippen LogP) is 4.83. The summed E-state index contributed by atoms with van der Waals surface area (Å²) in [5, 5.41) is -0.426. The second kappa shape index (κ2) is 10.9. The van der Waals surface area contributed by atoms with E-state index in [1.54, 1.807) is 18.2 Å². The van der Waals surface area contributed by atoms with Crippen LogP contribution in [0.3, 0.4) is 0 Å². The molecule has 1 fully saturated rings. The summed E-state index contributed by atoms with van der Waals surface area (Å²) in [6, 6.07) is 6.64. The highest BCUT2D eigenvalue weighted by atomic mass is 32.2. The quantitative estimate of drug-likeness (QED) is 0.276. The van der Waals surface area contributed by atoms with Crippen LogP contribution < -0.4 is 9.47 Å². The minimum absolute atomic E-state index is 0.00241. The normalized spacial score (nSPS) is 14.6. The molecule has 9 heteroatoms. The third kappa shape index (κ3) is 5.48. The summed E-state index contributed by atoms with van der Waals surface area (Å²) < 4.78 is 21.5. The van der Waals surface area contributed by atoms with Gasteiger partial charge in [-0.15, -0.1) is 6.58 Å². The van der Waals surface area contributed by atoms with Crippen LogP contribution in [0.5, 0.6) is 11.5 Å². The minimum atomic E-state index is -0.633. The van der Waals surface area contributed by atoms with E-state index in [9.17, 15) is 14.4 Å². The number of ether oxygens (including phenoxy) is 3. The standard InChI is InChI=1S/C24H25NO7S/c1-5-8-16-11-15(12-19(30-6-2)21(16)31-7-3)13-20-22(26)25(24(28)33-20)14-17-9-10-18(32-17)23(27)29-4/h5,9-13H,1,6-8,14H2,2-4H3. The smallest absolute Gasteiger partial charge is 0.373 e. The molecule has 0 bridgehead atoms. The van der Waals surface area contributed by atoms with E-state index in [1.165, 1.54) is 19.2 Å². The van der Waals surface area contributed by atoms with Gasteiger partial charge in [-0.25, -0.2) is 4.79 Å². The molecule has 2 amide bonds. The topological polar surface area (TPSA) is 95.3 Å². The molecule has 1 aliphatic rings. The van der Waals surface area contributed by atoms with E-state index in [4.69, 9.17) is 13.9 Å². The van der Waals surface area contributed by atoms with Gasteiger partial charge in [-0.05, 0) is 67.9 Å². The van der Waals surface area contributed by atoms with E-state index in [0.29, 0.717) is 42.5 Å². The van der Waals surface area contributed by atoms with Gasteiger partial charge < -0.3 is 18.6 Å². The molecule has 0 saturated carbocycles. The first-order valence-electron chi connectivity index (χ1n) is 10.4. The molecule has 0 aliphatic carbocycles. The number of thioether (sulfide) groups is 1. The summed E-state index contributed by atoms with van der Waals surface area (Å²) >= 11 is 0.839. The second-order valence-electron chi connectivity index (χ2n) is 6.89. The summed E-state index contributed by atoms with van der Waals surface area (Å²) in [4.78, 5) is 38.3. The van der Waals surface area contributed by atoms with Crippen LogP contribution in [0.1, 0.15) is 41.3 Å². The molecule has 3 rings (SSSR count). The molecule has 33 heavy (non-hydrogen) atoms. The number of carbonyl (C=O) groups is 3. The van der Waals surface area contributed by atoms with Crippen LogP contribution >= 0.6 is 11.8 Å². The number of esters is 1. The van der Waals surface area contributed by atoms with Crippen LogP contribution in [0, 0.1) is 0 Å². The Morgan fingerprint density at radius 2 is 1.94 bits per heavy atom. The highest BCUT2D eigenvalue weighted by molar-refractivity contribution is 8.18. The summed E-state index contributed by atoms with van der Waals surface area (Å²) in [5.74, 6) is 0.428. The molecule has 1 aliphatic heterocycles. The third-order valence-electron chi connectivity index (χ3n) is 4.64. The van der Waals surface area contributed by atoms with Crippen molar-refractivity contribution in [3.63, 3.8) is 0 Å². The van der Waals surface area contributed by atoms with Crippen LogP contribution in [-0.2, 0) is 22.5 Å². The Hall–Kier alpha value is -3.46. The van der Waals surface area contributed by atoms with E-state index in [-0.39, 0.29) is 17.2 Å². The number of carbonyl (C=O) groups excluding carboxylic acids is 3. The molecule has 0 unspecified atom stereocenters. The van der Waals surface area contributed by atoms with Gasteiger partial charge in [0.25, 0.3) is 11.1 Å². The second-order valence-corrected chi connectivity index (χ2v) is 7.88. The summed E-state index contributed by atoms with van der Waals surface area (Å²) in [5.41, 5.74) is 1.57. The van der Waals surface area contributed by atoms with E-state index >= 15 is 0 Å². The highest BCUT2D eigenvalue weighted by Gasteiger charge is 2.36. The molecule has 1 saturated heterocycles. The van der Waals surface area contributed by atoms with Gasteiger partial charge in [0.1, 0.15) is 5.76 Å².